The zero-order valence-corrected chi connectivity index (χ0v) is 7.64. The van der Waals surface area contributed by atoms with Crippen molar-refractivity contribution in [2.45, 2.75) is 0 Å². The Bertz CT molecular complexity index is 552. The van der Waals surface area contributed by atoms with Crippen LogP contribution in [-0.2, 0) is 0 Å². The van der Waals surface area contributed by atoms with Crippen molar-refractivity contribution >= 4 is 16.8 Å². The second-order valence-corrected chi connectivity index (χ2v) is 3.06. The Morgan fingerprint density at radius 3 is 2.67 bits per heavy atom. The van der Waals surface area contributed by atoms with Crippen LogP contribution in [0.5, 0.6) is 11.5 Å². The van der Waals surface area contributed by atoms with Gasteiger partial charge in [0, 0.05) is 11.5 Å². The lowest BCUT2D eigenvalue weighted by molar-refractivity contribution is 0.0995. The summed E-state index contributed by atoms with van der Waals surface area (Å²) in [4.78, 5) is 14.7. The first kappa shape index (κ1) is 9.26. The van der Waals surface area contributed by atoms with E-state index in [1.165, 1.54) is 12.1 Å². The molecule has 0 radical (unpaired) electrons. The summed E-state index contributed by atoms with van der Waals surface area (Å²) in [5, 5.41) is 19.4. The first-order valence-corrected chi connectivity index (χ1v) is 4.21. The summed E-state index contributed by atoms with van der Waals surface area (Å²) in [6, 6.07) is 5.74. The number of aromatic nitrogens is 1. The number of carbonyl (C=O) groups is 1. The fraction of sp³-hybridized carbons (Fsp3) is 0. The molecule has 4 N–H and O–H groups in total. The molecule has 76 valence electrons. The van der Waals surface area contributed by atoms with E-state index in [1.807, 2.05) is 0 Å². The third-order valence-corrected chi connectivity index (χ3v) is 2.05. The lowest BCUT2D eigenvalue weighted by Gasteiger charge is -2.04. The van der Waals surface area contributed by atoms with Gasteiger partial charge in [0.1, 0.15) is 22.7 Å². The molecule has 15 heavy (non-hydrogen) atoms. The van der Waals surface area contributed by atoms with E-state index in [1.54, 1.807) is 12.1 Å². The van der Waals surface area contributed by atoms with Crippen LogP contribution in [0.3, 0.4) is 0 Å². The normalized spacial score (nSPS) is 10.4. The first-order valence-electron chi connectivity index (χ1n) is 4.21. The average molecular weight is 204 g/mol. The molecule has 0 atom stereocenters. The molecule has 1 amide bonds. The zero-order valence-electron chi connectivity index (χ0n) is 7.64. The molecule has 2 rings (SSSR count). The van der Waals surface area contributed by atoms with Crippen LogP contribution in [0.15, 0.2) is 24.3 Å². The molecule has 1 aromatic heterocycles. The lowest BCUT2D eigenvalue weighted by atomic mass is 10.1. The third-order valence-electron chi connectivity index (χ3n) is 2.05. The van der Waals surface area contributed by atoms with E-state index in [9.17, 15) is 15.0 Å². The number of phenolic OH excluding ortho intramolecular Hbond substituents is 1. The predicted molar refractivity (Wildman–Crippen MR) is 53.6 cm³/mol. The van der Waals surface area contributed by atoms with E-state index in [-0.39, 0.29) is 22.7 Å². The number of benzene rings is 1. The van der Waals surface area contributed by atoms with Gasteiger partial charge in [0.2, 0.25) is 0 Å². The highest BCUT2D eigenvalue weighted by Gasteiger charge is 2.10. The maximum absolute atomic E-state index is 10.9. The van der Waals surface area contributed by atoms with Crippen molar-refractivity contribution in [3.63, 3.8) is 0 Å². The summed E-state index contributed by atoms with van der Waals surface area (Å²) in [7, 11) is 0. The molecular weight excluding hydrogens is 196 g/mol. The van der Waals surface area contributed by atoms with Crippen LogP contribution in [0.1, 0.15) is 10.5 Å². The van der Waals surface area contributed by atoms with Gasteiger partial charge < -0.3 is 15.9 Å². The molecule has 0 aliphatic heterocycles. The molecule has 0 aliphatic carbocycles. The van der Waals surface area contributed by atoms with Gasteiger partial charge in [0.05, 0.1) is 0 Å². The molecule has 0 aliphatic rings. The number of hydrogen-bond acceptors (Lipinski definition) is 4. The van der Waals surface area contributed by atoms with Crippen molar-refractivity contribution < 1.29 is 15.0 Å². The molecule has 0 spiro atoms. The van der Waals surface area contributed by atoms with E-state index in [2.05, 4.69) is 4.98 Å². The van der Waals surface area contributed by atoms with Crippen LogP contribution in [0, 0.1) is 0 Å². The number of nitrogens with two attached hydrogens (primary N) is 1. The number of primary amides is 1. The van der Waals surface area contributed by atoms with Crippen molar-refractivity contribution in [1.82, 2.24) is 4.98 Å². The standard InChI is InChI=1S/C10H8N2O3/c11-10(15)6-4-8(14)5-2-1-3-7(13)9(5)12-6/h1-4,13H,(H2,11,15)(H,12,14). The lowest BCUT2D eigenvalue weighted by Crippen LogP contribution is -2.12. The molecule has 2 aromatic rings. The van der Waals surface area contributed by atoms with Gasteiger partial charge in [0.25, 0.3) is 5.91 Å². The second-order valence-electron chi connectivity index (χ2n) is 3.06. The third kappa shape index (κ3) is 1.43. The molecule has 0 saturated heterocycles. The van der Waals surface area contributed by atoms with Crippen molar-refractivity contribution in [2.75, 3.05) is 0 Å². The van der Waals surface area contributed by atoms with Crippen molar-refractivity contribution in [1.29, 1.82) is 0 Å². The Kier molecular flexibility index (Phi) is 1.93. The van der Waals surface area contributed by atoms with Gasteiger partial charge in [0.15, 0.2) is 0 Å². The summed E-state index contributed by atoms with van der Waals surface area (Å²) >= 11 is 0. The number of fused-ring (bicyclic) bond motifs is 1. The number of rotatable bonds is 1. The van der Waals surface area contributed by atoms with Crippen LogP contribution in [0.4, 0.5) is 0 Å². The summed E-state index contributed by atoms with van der Waals surface area (Å²) in [5.41, 5.74) is 5.11. The molecule has 0 saturated carbocycles. The summed E-state index contributed by atoms with van der Waals surface area (Å²) in [5.74, 6) is -0.994. The number of carbonyl (C=O) groups excluding carboxylic acids is 1. The molecule has 0 unspecified atom stereocenters. The number of aromatic hydroxyl groups is 2. The van der Waals surface area contributed by atoms with Crippen LogP contribution < -0.4 is 5.73 Å². The minimum absolute atomic E-state index is 0.0819. The van der Waals surface area contributed by atoms with Crippen LogP contribution >= 0.6 is 0 Å². The highest BCUT2D eigenvalue weighted by molar-refractivity contribution is 5.97. The van der Waals surface area contributed by atoms with Gasteiger partial charge in [-0.1, -0.05) is 6.07 Å². The van der Waals surface area contributed by atoms with Gasteiger partial charge in [-0.3, -0.25) is 4.79 Å². The smallest absolute Gasteiger partial charge is 0.267 e. The highest BCUT2D eigenvalue weighted by atomic mass is 16.3. The maximum atomic E-state index is 10.9. The van der Waals surface area contributed by atoms with E-state index in [0.29, 0.717) is 5.39 Å². The second kappa shape index (κ2) is 3.13. The molecule has 0 bridgehead atoms. The largest absolute Gasteiger partial charge is 0.507 e. The fourth-order valence-electron chi connectivity index (χ4n) is 1.34. The average Bonchev–Trinajstić information content (AvgIpc) is 2.19. The number of amides is 1. The number of hydrogen-bond donors (Lipinski definition) is 3. The van der Waals surface area contributed by atoms with Gasteiger partial charge in [-0.15, -0.1) is 0 Å². The SMILES string of the molecule is NC(=O)c1cc(O)c2cccc(O)c2n1. The van der Waals surface area contributed by atoms with Gasteiger partial charge >= 0.3 is 0 Å². The maximum Gasteiger partial charge on any atom is 0.267 e. The number of phenols is 1. The highest BCUT2D eigenvalue weighted by Crippen LogP contribution is 2.29. The monoisotopic (exact) mass is 204 g/mol. The van der Waals surface area contributed by atoms with Gasteiger partial charge in [-0.2, -0.15) is 0 Å². The fourth-order valence-corrected chi connectivity index (χ4v) is 1.34. The van der Waals surface area contributed by atoms with Crippen LogP contribution in [-0.4, -0.2) is 21.1 Å². The van der Waals surface area contributed by atoms with Gasteiger partial charge in [-0.05, 0) is 12.1 Å². The zero-order chi connectivity index (χ0) is 11.0. The molecule has 5 heteroatoms. The van der Waals surface area contributed by atoms with E-state index in [0.717, 1.165) is 0 Å². The van der Waals surface area contributed by atoms with E-state index < -0.39 is 5.91 Å². The minimum Gasteiger partial charge on any atom is -0.507 e. The van der Waals surface area contributed by atoms with Crippen LogP contribution in [0.25, 0.3) is 10.9 Å². The molecule has 1 heterocycles. The predicted octanol–water partition coefficient (Wildman–Crippen LogP) is 0.745. The number of nitrogens with zero attached hydrogens (tertiary/aromatic N) is 1. The minimum atomic E-state index is -0.754. The number of para-hydroxylation sites is 1. The van der Waals surface area contributed by atoms with E-state index >= 15 is 0 Å². The number of pyridine rings is 1. The summed E-state index contributed by atoms with van der Waals surface area (Å²) in [6.45, 7) is 0. The summed E-state index contributed by atoms with van der Waals surface area (Å²) < 4.78 is 0. The molecule has 0 fully saturated rings. The topological polar surface area (TPSA) is 96.4 Å². The Morgan fingerprint density at radius 2 is 2.00 bits per heavy atom. The van der Waals surface area contributed by atoms with E-state index in [4.69, 9.17) is 5.73 Å². The van der Waals surface area contributed by atoms with Crippen LogP contribution in [0.2, 0.25) is 0 Å². The first-order chi connectivity index (χ1) is 7.09. The van der Waals surface area contributed by atoms with Crippen molar-refractivity contribution in [2.24, 2.45) is 5.73 Å². The Labute approximate surface area is 84.8 Å². The molecule has 1 aromatic carbocycles. The Hall–Kier alpha value is -2.30. The Balaban J connectivity index is 2.85. The van der Waals surface area contributed by atoms with Gasteiger partial charge in [-0.25, -0.2) is 4.98 Å². The van der Waals surface area contributed by atoms with Crippen molar-refractivity contribution in [3.8, 4) is 11.5 Å². The quantitative estimate of drug-likeness (QED) is 0.638. The Morgan fingerprint density at radius 1 is 1.27 bits per heavy atom. The molecule has 5 nitrogen and oxygen atoms in total. The summed E-state index contributed by atoms with van der Waals surface area (Å²) in [6.07, 6.45) is 0. The van der Waals surface area contributed by atoms with Crippen molar-refractivity contribution in [3.05, 3.63) is 30.0 Å². The molecular formula is C10H8N2O3.